The third-order valence-electron chi connectivity index (χ3n) is 4.23. The van der Waals surface area contributed by atoms with Crippen LogP contribution in [0.1, 0.15) is 24.8 Å². The predicted molar refractivity (Wildman–Crippen MR) is 85.0 cm³/mol. The van der Waals surface area contributed by atoms with Gasteiger partial charge in [0.2, 0.25) is 0 Å². The van der Waals surface area contributed by atoms with Crippen LogP contribution in [0.5, 0.6) is 0 Å². The highest BCUT2D eigenvalue weighted by Gasteiger charge is 2.29. The minimum absolute atomic E-state index is 0.441. The number of nitrogens with one attached hydrogen (secondary N) is 1. The molecular weight excluding hydrogens is 266 g/mol. The molecule has 3 aliphatic rings. The fourth-order valence-corrected chi connectivity index (χ4v) is 3.56. The van der Waals surface area contributed by atoms with E-state index in [1.807, 2.05) is 6.21 Å². The first-order valence-corrected chi connectivity index (χ1v) is 8.32. The Morgan fingerprint density at radius 2 is 2.30 bits per heavy atom. The zero-order chi connectivity index (χ0) is 13.4. The Labute approximate surface area is 123 Å². The van der Waals surface area contributed by atoms with Crippen LogP contribution in [0.25, 0.3) is 5.57 Å². The lowest BCUT2D eigenvalue weighted by molar-refractivity contribution is 0.253. The van der Waals surface area contributed by atoms with E-state index in [1.54, 1.807) is 11.3 Å². The van der Waals surface area contributed by atoms with Crippen molar-refractivity contribution in [1.82, 2.24) is 10.3 Å². The van der Waals surface area contributed by atoms with Crippen molar-refractivity contribution in [2.24, 2.45) is 5.10 Å². The van der Waals surface area contributed by atoms with Gasteiger partial charge in [-0.3, -0.25) is 5.01 Å². The molecule has 1 aromatic rings. The lowest BCUT2D eigenvalue weighted by Gasteiger charge is -2.27. The molecule has 0 saturated heterocycles. The fraction of sp³-hybridized carbons (Fsp3) is 0.438. The molecule has 1 atom stereocenters. The first-order chi connectivity index (χ1) is 9.90. The number of thiophene rings is 1. The van der Waals surface area contributed by atoms with Crippen LogP contribution in [-0.4, -0.2) is 36.4 Å². The molecule has 1 N–H and O–H groups in total. The molecule has 4 heteroatoms. The molecule has 1 aromatic heterocycles. The van der Waals surface area contributed by atoms with Gasteiger partial charge < -0.3 is 5.32 Å². The Kier molecular flexibility index (Phi) is 3.20. The molecule has 2 aliphatic carbocycles. The molecule has 1 aliphatic heterocycles. The van der Waals surface area contributed by atoms with Crippen LogP contribution in [0, 0.1) is 0 Å². The summed E-state index contributed by atoms with van der Waals surface area (Å²) in [4.78, 5) is 0. The molecule has 0 radical (unpaired) electrons. The molecule has 4 rings (SSSR count). The van der Waals surface area contributed by atoms with Crippen LogP contribution in [0.2, 0.25) is 0 Å². The molecule has 1 fully saturated rings. The van der Waals surface area contributed by atoms with Gasteiger partial charge in [-0.25, -0.2) is 0 Å². The van der Waals surface area contributed by atoms with E-state index in [0.717, 1.165) is 25.6 Å². The van der Waals surface area contributed by atoms with E-state index < -0.39 is 0 Å². The van der Waals surface area contributed by atoms with Gasteiger partial charge in [0.1, 0.15) is 0 Å². The second-order valence-electron chi connectivity index (χ2n) is 5.73. The molecule has 104 valence electrons. The van der Waals surface area contributed by atoms with E-state index in [4.69, 9.17) is 0 Å². The highest BCUT2D eigenvalue weighted by Crippen LogP contribution is 2.33. The number of hydrogen-bond donors (Lipinski definition) is 1. The van der Waals surface area contributed by atoms with E-state index in [0.29, 0.717) is 6.04 Å². The van der Waals surface area contributed by atoms with E-state index in [2.05, 4.69) is 44.4 Å². The molecule has 0 bridgehead atoms. The van der Waals surface area contributed by atoms with Crippen LogP contribution < -0.4 is 5.32 Å². The second kappa shape index (κ2) is 5.19. The van der Waals surface area contributed by atoms with Crippen molar-refractivity contribution in [3.05, 3.63) is 40.1 Å². The Bertz CT molecular complexity index is 567. The van der Waals surface area contributed by atoms with Crippen molar-refractivity contribution in [1.29, 1.82) is 0 Å². The minimum atomic E-state index is 0.441. The quantitative estimate of drug-likeness (QED) is 0.901. The van der Waals surface area contributed by atoms with Crippen LogP contribution in [-0.2, 0) is 0 Å². The monoisotopic (exact) mass is 285 g/mol. The number of rotatable bonds is 5. The van der Waals surface area contributed by atoms with E-state index in [-0.39, 0.29) is 0 Å². The number of nitrogens with zero attached hydrogens (tertiary/aromatic N) is 2. The summed E-state index contributed by atoms with van der Waals surface area (Å²) in [7, 11) is 0. The van der Waals surface area contributed by atoms with Crippen LogP contribution >= 0.6 is 11.3 Å². The topological polar surface area (TPSA) is 27.6 Å². The number of hydrogen-bond acceptors (Lipinski definition) is 4. The number of allylic oxidation sites excluding steroid dienone is 2. The first kappa shape index (κ1) is 12.4. The summed E-state index contributed by atoms with van der Waals surface area (Å²) in [6, 6.07) is 3.43. The maximum atomic E-state index is 4.58. The zero-order valence-electron chi connectivity index (χ0n) is 11.5. The average Bonchev–Trinajstić information content (AvgIpc) is 3.00. The van der Waals surface area contributed by atoms with E-state index in [9.17, 15) is 0 Å². The Morgan fingerprint density at radius 3 is 3.10 bits per heavy atom. The van der Waals surface area contributed by atoms with Gasteiger partial charge in [0.25, 0.3) is 0 Å². The van der Waals surface area contributed by atoms with Crippen molar-refractivity contribution in [2.45, 2.75) is 31.3 Å². The smallest absolute Gasteiger partial charge is 0.0776 e. The normalized spacial score (nSPS) is 24.6. The summed E-state index contributed by atoms with van der Waals surface area (Å²) in [6.07, 6.45) is 10.3. The van der Waals surface area contributed by atoms with Crippen molar-refractivity contribution >= 4 is 23.1 Å². The highest BCUT2D eigenvalue weighted by molar-refractivity contribution is 7.08. The molecule has 20 heavy (non-hydrogen) atoms. The molecule has 0 spiro atoms. The summed E-state index contributed by atoms with van der Waals surface area (Å²) >= 11 is 1.77. The second-order valence-corrected chi connectivity index (χ2v) is 6.51. The minimum Gasteiger partial charge on any atom is -0.312 e. The molecule has 0 amide bonds. The Hall–Kier alpha value is -1.39. The third kappa shape index (κ3) is 2.45. The Morgan fingerprint density at radius 1 is 1.35 bits per heavy atom. The van der Waals surface area contributed by atoms with Gasteiger partial charge in [-0.15, -0.1) is 0 Å². The van der Waals surface area contributed by atoms with Gasteiger partial charge >= 0.3 is 0 Å². The molecule has 0 aromatic carbocycles. The van der Waals surface area contributed by atoms with Crippen LogP contribution in [0.4, 0.5) is 0 Å². The van der Waals surface area contributed by atoms with Gasteiger partial charge in [-0.1, -0.05) is 12.2 Å². The summed E-state index contributed by atoms with van der Waals surface area (Å²) in [5.41, 5.74) is 4.16. The Balaban J connectivity index is 1.42. The van der Waals surface area contributed by atoms with Crippen molar-refractivity contribution in [3.63, 3.8) is 0 Å². The predicted octanol–water partition coefficient (Wildman–Crippen LogP) is 2.88. The molecule has 1 unspecified atom stereocenters. The summed E-state index contributed by atoms with van der Waals surface area (Å²) in [5, 5.41) is 14.8. The van der Waals surface area contributed by atoms with E-state index in [1.165, 1.54) is 29.6 Å². The van der Waals surface area contributed by atoms with Crippen molar-refractivity contribution in [3.8, 4) is 0 Å². The van der Waals surface area contributed by atoms with Crippen LogP contribution in [0.15, 0.2) is 39.7 Å². The van der Waals surface area contributed by atoms with Crippen molar-refractivity contribution in [2.75, 3.05) is 13.1 Å². The standard InChI is InChI=1S/C16H19N3S/c1-2-13-10-18-19(7-6-17-15-3-4-15)16(13)9-12(1)14-5-8-20-11-14/h1-2,5,8,10-11,15-17H,3-4,6-7,9H2. The fourth-order valence-electron chi connectivity index (χ4n) is 2.88. The lowest BCUT2D eigenvalue weighted by atomic mass is 9.91. The van der Waals surface area contributed by atoms with Crippen molar-refractivity contribution < 1.29 is 0 Å². The number of hydrazone groups is 1. The summed E-state index contributed by atoms with van der Waals surface area (Å²) < 4.78 is 0. The zero-order valence-corrected chi connectivity index (χ0v) is 12.3. The highest BCUT2D eigenvalue weighted by atomic mass is 32.1. The number of fused-ring (bicyclic) bond motifs is 1. The van der Waals surface area contributed by atoms with E-state index >= 15 is 0 Å². The maximum absolute atomic E-state index is 4.58. The van der Waals surface area contributed by atoms with Gasteiger partial charge in [0, 0.05) is 19.1 Å². The van der Waals surface area contributed by atoms with Gasteiger partial charge in [-0.05, 0) is 52.8 Å². The van der Waals surface area contributed by atoms with Gasteiger partial charge in [0.05, 0.1) is 12.3 Å². The summed E-state index contributed by atoms with van der Waals surface area (Å²) in [6.45, 7) is 2.05. The van der Waals surface area contributed by atoms with Gasteiger partial charge in [-0.2, -0.15) is 16.4 Å². The summed E-state index contributed by atoms with van der Waals surface area (Å²) in [5.74, 6) is 0. The molecular formula is C16H19N3S. The van der Waals surface area contributed by atoms with Gasteiger partial charge in [0.15, 0.2) is 0 Å². The maximum Gasteiger partial charge on any atom is 0.0776 e. The molecule has 2 heterocycles. The lowest BCUT2D eigenvalue weighted by Crippen LogP contribution is -2.35. The third-order valence-corrected chi connectivity index (χ3v) is 4.92. The molecule has 1 saturated carbocycles. The van der Waals surface area contributed by atoms with Crippen LogP contribution in [0.3, 0.4) is 0 Å². The SMILES string of the molecule is C1=NN(CCNC2CC2)C2CC(c3ccsc3)=CC=C12. The molecule has 3 nitrogen and oxygen atoms in total. The largest absolute Gasteiger partial charge is 0.312 e. The average molecular weight is 285 g/mol. The first-order valence-electron chi connectivity index (χ1n) is 7.37.